The normalized spacial score (nSPS) is 19.8. The molecule has 1 unspecified atom stereocenters. The first-order chi connectivity index (χ1) is 9.45. The molecule has 1 aromatic heterocycles. The van der Waals surface area contributed by atoms with Gasteiger partial charge >= 0.3 is 0 Å². The summed E-state index contributed by atoms with van der Waals surface area (Å²) in [7, 11) is -2.11. The first-order valence-electron chi connectivity index (χ1n) is 6.48. The van der Waals surface area contributed by atoms with Gasteiger partial charge in [0.15, 0.2) is 0 Å². The van der Waals surface area contributed by atoms with Gasteiger partial charge in [-0.2, -0.15) is 0 Å². The second-order valence-electron chi connectivity index (χ2n) is 5.22. The SMILES string of the molecule is C=S(C)(=O)N1CC=C(c2c[nH]c3ccc(Cl)cc23)CC1. The molecule has 0 fully saturated rings. The molecule has 0 spiro atoms. The number of aromatic nitrogens is 1. The van der Waals surface area contributed by atoms with Gasteiger partial charge in [-0.3, -0.25) is 4.21 Å². The molecule has 3 nitrogen and oxygen atoms in total. The number of nitrogens with zero attached hydrogens (tertiary/aromatic N) is 1. The highest BCUT2D eigenvalue weighted by Gasteiger charge is 2.18. The third kappa shape index (κ3) is 2.51. The molecule has 5 heteroatoms. The fraction of sp³-hybridized carbons (Fsp3) is 0.267. The minimum Gasteiger partial charge on any atom is -0.361 e. The van der Waals surface area contributed by atoms with Crippen molar-refractivity contribution in [2.45, 2.75) is 6.42 Å². The van der Waals surface area contributed by atoms with Gasteiger partial charge in [0.2, 0.25) is 0 Å². The molecule has 20 heavy (non-hydrogen) atoms. The van der Waals surface area contributed by atoms with E-state index in [9.17, 15) is 4.21 Å². The van der Waals surface area contributed by atoms with Crippen LogP contribution in [0.4, 0.5) is 0 Å². The summed E-state index contributed by atoms with van der Waals surface area (Å²) in [6, 6.07) is 5.86. The van der Waals surface area contributed by atoms with Gasteiger partial charge < -0.3 is 4.98 Å². The minimum absolute atomic E-state index is 0.682. The Morgan fingerprint density at radius 2 is 2.25 bits per heavy atom. The maximum absolute atomic E-state index is 12.0. The minimum atomic E-state index is -2.11. The predicted molar refractivity (Wildman–Crippen MR) is 88.7 cm³/mol. The number of halogens is 1. The van der Waals surface area contributed by atoms with Crippen molar-refractivity contribution in [2.75, 3.05) is 19.3 Å². The fourth-order valence-electron chi connectivity index (χ4n) is 2.60. The summed E-state index contributed by atoms with van der Waals surface area (Å²) in [6.07, 6.45) is 6.73. The Hall–Kier alpha value is -1.23. The van der Waals surface area contributed by atoms with Gasteiger partial charge in [0.1, 0.15) is 0 Å². The lowest BCUT2D eigenvalue weighted by Gasteiger charge is -2.27. The molecule has 1 aromatic carbocycles. The molecular formula is C15H17ClN2OS. The predicted octanol–water partition coefficient (Wildman–Crippen LogP) is 3.17. The number of H-pyrrole nitrogens is 1. The molecule has 1 aliphatic rings. The van der Waals surface area contributed by atoms with E-state index in [2.05, 4.69) is 16.9 Å². The van der Waals surface area contributed by atoms with Gasteiger partial charge in [0.25, 0.3) is 0 Å². The zero-order chi connectivity index (χ0) is 14.3. The number of nitrogens with one attached hydrogen (secondary N) is 1. The highest BCUT2D eigenvalue weighted by Crippen LogP contribution is 2.31. The van der Waals surface area contributed by atoms with E-state index in [4.69, 9.17) is 11.6 Å². The van der Waals surface area contributed by atoms with E-state index >= 15 is 0 Å². The first kappa shape index (κ1) is 13.7. The van der Waals surface area contributed by atoms with Crippen LogP contribution in [-0.2, 0) is 9.71 Å². The highest BCUT2D eigenvalue weighted by molar-refractivity contribution is 7.97. The lowest BCUT2D eigenvalue weighted by Crippen LogP contribution is -2.33. The average Bonchev–Trinajstić information content (AvgIpc) is 2.81. The zero-order valence-electron chi connectivity index (χ0n) is 11.4. The molecule has 0 amide bonds. The van der Waals surface area contributed by atoms with Crippen LogP contribution in [0.15, 0.2) is 30.5 Å². The molecule has 2 aromatic rings. The van der Waals surface area contributed by atoms with Crippen LogP contribution in [0.2, 0.25) is 5.02 Å². The van der Waals surface area contributed by atoms with Crippen molar-refractivity contribution in [1.29, 1.82) is 0 Å². The standard InChI is InChI=1S/C15H17ClN2OS/c1-20(2,19)18-7-5-11(6-8-18)14-10-17-15-4-3-12(16)9-13(14)15/h3-5,9-10,17H,1,6-8H2,2H3. The van der Waals surface area contributed by atoms with Gasteiger partial charge in [-0.15, -0.1) is 0 Å². The van der Waals surface area contributed by atoms with Crippen molar-refractivity contribution < 1.29 is 4.21 Å². The summed E-state index contributed by atoms with van der Waals surface area (Å²) in [4.78, 5) is 3.27. The van der Waals surface area contributed by atoms with Crippen LogP contribution in [0.3, 0.4) is 0 Å². The third-order valence-corrected chi connectivity index (χ3v) is 5.37. The molecule has 0 bridgehead atoms. The van der Waals surface area contributed by atoms with E-state index in [1.165, 1.54) is 11.1 Å². The molecular weight excluding hydrogens is 292 g/mol. The molecule has 2 heterocycles. The summed E-state index contributed by atoms with van der Waals surface area (Å²) in [5.74, 6) is 3.74. The van der Waals surface area contributed by atoms with E-state index < -0.39 is 9.71 Å². The Morgan fingerprint density at radius 1 is 1.45 bits per heavy atom. The summed E-state index contributed by atoms with van der Waals surface area (Å²) >= 11 is 6.08. The van der Waals surface area contributed by atoms with Gasteiger partial charge in [0, 0.05) is 56.7 Å². The molecule has 0 saturated heterocycles. The van der Waals surface area contributed by atoms with Gasteiger partial charge in [-0.25, -0.2) is 4.31 Å². The van der Waals surface area contributed by atoms with Crippen LogP contribution in [0, 0.1) is 0 Å². The van der Waals surface area contributed by atoms with Crippen molar-refractivity contribution in [3.05, 3.63) is 41.1 Å². The monoisotopic (exact) mass is 308 g/mol. The Labute approximate surface area is 124 Å². The van der Waals surface area contributed by atoms with E-state index in [1.54, 1.807) is 6.26 Å². The maximum atomic E-state index is 12.0. The van der Waals surface area contributed by atoms with Crippen molar-refractivity contribution in [3.63, 3.8) is 0 Å². The number of rotatable bonds is 2. The quantitative estimate of drug-likeness (QED) is 0.850. The van der Waals surface area contributed by atoms with E-state index in [0.29, 0.717) is 6.54 Å². The molecule has 3 rings (SSSR count). The van der Waals surface area contributed by atoms with Crippen LogP contribution in [-0.4, -0.2) is 38.7 Å². The molecule has 1 atom stereocenters. The molecule has 0 radical (unpaired) electrons. The highest BCUT2D eigenvalue weighted by atomic mass is 35.5. The van der Waals surface area contributed by atoms with Crippen LogP contribution in [0.5, 0.6) is 0 Å². The average molecular weight is 309 g/mol. The summed E-state index contributed by atoms with van der Waals surface area (Å²) < 4.78 is 13.9. The van der Waals surface area contributed by atoms with Crippen LogP contribution in [0.1, 0.15) is 12.0 Å². The summed E-state index contributed by atoms with van der Waals surface area (Å²) in [5.41, 5.74) is 3.55. The number of fused-ring (bicyclic) bond motifs is 1. The fourth-order valence-corrected chi connectivity index (χ4v) is 3.64. The maximum Gasteiger partial charge on any atom is 0.0461 e. The Morgan fingerprint density at radius 3 is 2.90 bits per heavy atom. The molecule has 0 saturated carbocycles. The van der Waals surface area contributed by atoms with Crippen molar-refractivity contribution in [2.24, 2.45) is 0 Å². The number of aromatic amines is 1. The van der Waals surface area contributed by atoms with Crippen molar-refractivity contribution in [3.8, 4) is 0 Å². The molecule has 0 aliphatic carbocycles. The first-order valence-corrected chi connectivity index (χ1v) is 8.95. The molecule has 1 aliphatic heterocycles. The van der Waals surface area contributed by atoms with Gasteiger partial charge in [0.05, 0.1) is 0 Å². The van der Waals surface area contributed by atoms with Crippen molar-refractivity contribution >= 4 is 43.7 Å². The van der Waals surface area contributed by atoms with E-state index in [0.717, 1.165) is 28.9 Å². The lowest BCUT2D eigenvalue weighted by atomic mass is 10.00. The smallest absolute Gasteiger partial charge is 0.0461 e. The van der Waals surface area contributed by atoms with E-state index in [-0.39, 0.29) is 0 Å². The second kappa shape index (κ2) is 4.95. The Kier molecular flexibility index (Phi) is 3.40. The number of hydrogen-bond acceptors (Lipinski definition) is 1. The second-order valence-corrected chi connectivity index (χ2v) is 8.09. The summed E-state index contributed by atoms with van der Waals surface area (Å²) in [5, 5.41) is 1.88. The molecule has 106 valence electrons. The van der Waals surface area contributed by atoms with Gasteiger partial charge in [-0.1, -0.05) is 17.7 Å². The van der Waals surface area contributed by atoms with Crippen molar-refractivity contribution in [1.82, 2.24) is 9.29 Å². The molecule has 1 N–H and O–H groups in total. The zero-order valence-corrected chi connectivity index (χ0v) is 12.9. The lowest BCUT2D eigenvalue weighted by molar-refractivity contribution is 0.484. The Balaban J connectivity index is 1.97. The van der Waals surface area contributed by atoms with E-state index in [1.807, 2.05) is 28.7 Å². The number of hydrogen-bond donors (Lipinski definition) is 1. The third-order valence-electron chi connectivity index (χ3n) is 3.71. The number of benzene rings is 1. The summed E-state index contributed by atoms with van der Waals surface area (Å²) in [6.45, 7) is 1.46. The van der Waals surface area contributed by atoms with Gasteiger partial charge in [-0.05, 0) is 36.1 Å². The van der Waals surface area contributed by atoms with Crippen LogP contribution >= 0.6 is 11.6 Å². The van der Waals surface area contributed by atoms with Crippen LogP contribution < -0.4 is 0 Å². The van der Waals surface area contributed by atoms with Crippen LogP contribution in [0.25, 0.3) is 16.5 Å². The Bertz CT molecular complexity index is 789. The topological polar surface area (TPSA) is 36.1 Å². The largest absolute Gasteiger partial charge is 0.361 e.